The number of rotatable bonds is 5. The van der Waals surface area contributed by atoms with Crippen LogP contribution in [0.15, 0.2) is 17.0 Å². The average molecular weight is 319 g/mol. The Balaban J connectivity index is 3.01. The van der Waals surface area contributed by atoms with Gasteiger partial charge >= 0.3 is 0 Å². The minimum Gasteiger partial charge on any atom is -0.398 e. The van der Waals surface area contributed by atoms with E-state index < -0.39 is 10.0 Å². The highest BCUT2D eigenvalue weighted by atomic mass is 35.5. The van der Waals surface area contributed by atoms with Crippen molar-refractivity contribution in [1.29, 1.82) is 0 Å². The van der Waals surface area contributed by atoms with Crippen LogP contribution in [0.3, 0.4) is 0 Å². The first kappa shape index (κ1) is 17.3. The van der Waals surface area contributed by atoms with Gasteiger partial charge in [-0.15, -0.1) is 0 Å². The second-order valence-electron chi connectivity index (χ2n) is 6.09. The van der Waals surface area contributed by atoms with Crippen LogP contribution in [0.1, 0.15) is 33.3 Å². The molecule has 0 fully saturated rings. The van der Waals surface area contributed by atoms with E-state index in [4.69, 9.17) is 17.3 Å². The van der Waals surface area contributed by atoms with Crippen LogP contribution in [0.5, 0.6) is 0 Å². The fraction of sp³-hybridized carbons (Fsp3) is 0.571. The van der Waals surface area contributed by atoms with E-state index in [1.54, 1.807) is 6.92 Å². The Kier molecular flexibility index (Phi) is 5.11. The summed E-state index contributed by atoms with van der Waals surface area (Å²) < 4.78 is 27.2. The van der Waals surface area contributed by atoms with Crippen molar-refractivity contribution in [2.75, 3.05) is 12.3 Å². The molecule has 20 heavy (non-hydrogen) atoms. The van der Waals surface area contributed by atoms with Crippen LogP contribution in [0.25, 0.3) is 0 Å². The molecule has 4 nitrogen and oxygen atoms in total. The van der Waals surface area contributed by atoms with Gasteiger partial charge in [-0.1, -0.05) is 39.3 Å². The van der Waals surface area contributed by atoms with E-state index in [1.807, 2.05) is 13.8 Å². The van der Waals surface area contributed by atoms with Crippen molar-refractivity contribution < 1.29 is 8.42 Å². The van der Waals surface area contributed by atoms with Gasteiger partial charge in [0.15, 0.2) is 0 Å². The number of nitrogens with one attached hydrogen (secondary N) is 1. The summed E-state index contributed by atoms with van der Waals surface area (Å²) in [4.78, 5) is 0.102. The number of nitrogen functional groups attached to an aromatic ring is 1. The molecule has 0 radical (unpaired) electrons. The molecule has 0 unspecified atom stereocenters. The molecule has 0 aliphatic carbocycles. The number of hydrogen-bond donors (Lipinski definition) is 2. The standard InChI is InChI=1S/C14H23ClN2O2S/c1-9(2)14(4,5)8-17-20(18,19)11-6-12(15)10(3)13(16)7-11/h6-7,9,17H,8,16H2,1-5H3. The van der Waals surface area contributed by atoms with Crippen molar-refractivity contribution in [3.63, 3.8) is 0 Å². The summed E-state index contributed by atoms with van der Waals surface area (Å²) in [5.41, 5.74) is 6.70. The molecule has 0 aliphatic heterocycles. The Morgan fingerprint density at radius 2 is 1.90 bits per heavy atom. The molecule has 0 saturated carbocycles. The molecule has 1 rings (SSSR count). The van der Waals surface area contributed by atoms with Gasteiger partial charge in [-0.25, -0.2) is 13.1 Å². The van der Waals surface area contributed by atoms with Crippen LogP contribution >= 0.6 is 11.6 Å². The van der Waals surface area contributed by atoms with Crippen LogP contribution in [0, 0.1) is 18.3 Å². The molecule has 0 amide bonds. The maximum Gasteiger partial charge on any atom is 0.240 e. The van der Waals surface area contributed by atoms with Crippen LogP contribution in [0.4, 0.5) is 5.69 Å². The molecule has 6 heteroatoms. The fourth-order valence-corrected chi connectivity index (χ4v) is 2.97. The molecule has 0 spiro atoms. The zero-order chi connectivity index (χ0) is 15.7. The van der Waals surface area contributed by atoms with Gasteiger partial charge in [-0.2, -0.15) is 0 Å². The number of halogens is 1. The van der Waals surface area contributed by atoms with Gasteiger partial charge in [0.05, 0.1) is 4.90 Å². The minimum atomic E-state index is -3.60. The zero-order valence-corrected chi connectivity index (χ0v) is 14.2. The Morgan fingerprint density at radius 3 is 2.35 bits per heavy atom. The molecule has 0 aromatic heterocycles. The largest absolute Gasteiger partial charge is 0.398 e. The van der Waals surface area contributed by atoms with Gasteiger partial charge in [0, 0.05) is 17.3 Å². The average Bonchev–Trinajstić information content (AvgIpc) is 2.33. The smallest absolute Gasteiger partial charge is 0.240 e. The summed E-state index contributed by atoms with van der Waals surface area (Å²) >= 11 is 5.99. The van der Waals surface area contributed by atoms with Gasteiger partial charge in [-0.05, 0) is 36.0 Å². The van der Waals surface area contributed by atoms with Crippen molar-refractivity contribution in [3.8, 4) is 0 Å². The predicted molar refractivity (Wildman–Crippen MR) is 84.4 cm³/mol. The summed E-state index contributed by atoms with van der Waals surface area (Å²) in [5, 5.41) is 0.355. The minimum absolute atomic E-state index is 0.102. The Hall–Kier alpha value is -0.780. The first-order chi connectivity index (χ1) is 8.97. The van der Waals surface area contributed by atoms with Crippen LogP contribution in [-0.2, 0) is 10.0 Å². The molecular weight excluding hydrogens is 296 g/mol. The van der Waals surface area contributed by atoms with E-state index >= 15 is 0 Å². The van der Waals surface area contributed by atoms with Gasteiger partial charge in [0.2, 0.25) is 10.0 Å². The number of benzene rings is 1. The zero-order valence-electron chi connectivity index (χ0n) is 12.6. The first-order valence-electron chi connectivity index (χ1n) is 6.52. The lowest BCUT2D eigenvalue weighted by Gasteiger charge is -2.29. The first-order valence-corrected chi connectivity index (χ1v) is 8.39. The second kappa shape index (κ2) is 5.92. The molecule has 1 aromatic rings. The third-order valence-corrected chi connectivity index (χ3v) is 5.72. The van der Waals surface area contributed by atoms with E-state index in [-0.39, 0.29) is 10.3 Å². The topological polar surface area (TPSA) is 72.2 Å². The molecular formula is C14H23ClN2O2S. The molecule has 0 atom stereocenters. The predicted octanol–water partition coefficient (Wildman–Crippen LogP) is 3.19. The van der Waals surface area contributed by atoms with Gasteiger partial charge in [-0.3, -0.25) is 0 Å². The second-order valence-corrected chi connectivity index (χ2v) is 8.26. The number of hydrogen-bond acceptors (Lipinski definition) is 3. The van der Waals surface area contributed by atoms with E-state index in [0.29, 0.717) is 28.7 Å². The molecule has 3 N–H and O–H groups in total. The number of sulfonamides is 1. The lowest BCUT2D eigenvalue weighted by atomic mass is 9.81. The highest BCUT2D eigenvalue weighted by molar-refractivity contribution is 7.89. The van der Waals surface area contributed by atoms with Gasteiger partial charge in [0.25, 0.3) is 0 Å². The molecule has 1 aromatic carbocycles. The maximum absolute atomic E-state index is 12.3. The Morgan fingerprint density at radius 1 is 1.35 bits per heavy atom. The SMILES string of the molecule is Cc1c(N)cc(S(=O)(=O)NCC(C)(C)C(C)C)cc1Cl. The summed E-state index contributed by atoms with van der Waals surface area (Å²) in [7, 11) is -3.60. The lowest BCUT2D eigenvalue weighted by Crippen LogP contribution is -2.37. The number of nitrogens with two attached hydrogens (primary N) is 1. The van der Waals surface area contributed by atoms with Crippen molar-refractivity contribution in [3.05, 3.63) is 22.7 Å². The molecule has 0 bridgehead atoms. The molecule has 0 heterocycles. The van der Waals surface area contributed by atoms with Crippen LogP contribution in [0.2, 0.25) is 5.02 Å². The van der Waals surface area contributed by atoms with Crippen LogP contribution in [-0.4, -0.2) is 15.0 Å². The van der Waals surface area contributed by atoms with E-state index in [9.17, 15) is 8.42 Å². The monoisotopic (exact) mass is 318 g/mol. The maximum atomic E-state index is 12.3. The molecule has 0 saturated heterocycles. The van der Waals surface area contributed by atoms with E-state index in [0.717, 1.165) is 0 Å². The van der Waals surface area contributed by atoms with E-state index in [1.165, 1.54) is 12.1 Å². The summed E-state index contributed by atoms with van der Waals surface area (Å²) in [6.07, 6.45) is 0. The van der Waals surface area contributed by atoms with Gasteiger partial charge < -0.3 is 5.73 Å². The highest BCUT2D eigenvalue weighted by Crippen LogP contribution is 2.28. The van der Waals surface area contributed by atoms with Crippen molar-refractivity contribution in [1.82, 2.24) is 4.72 Å². The summed E-state index contributed by atoms with van der Waals surface area (Å²) in [6, 6.07) is 2.86. The summed E-state index contributed by atoms with van der Waals surface area (Å²) in [6.45, 7) is 10.3. The Bertz CT molecular complexity index is 572. The van der Waals surface area contributed by atoms with Crippen molar-refractivity contribution in [2.24, 2.45) is 11.3 Å². The van der Waals surface area contributed by atoms with Crippen molar-refractivity contribution in [2.45, 2.75) is 39.5 Å². The van der Waals surface area contributed by atoms with E-state index in [2.05, 4.69) is 18.6 Å². The fourth-order valence-electron chi connectivity index (χ4n) is 1.40. The molecule has 114 valence electrons. The number of anilines is 1. The van der Waals surface area contributed by atoms with Crippen molar-refractivity contribution >= 4 is 27.3 Å². The van der Waals surface area contributed by atoms with Gasteiger partial charge in [0.1, 0.15) is 0 Å². The Labute approximate surface area is 126 Å². The third kappa shape index (κ3) is 3.87. The molecule has 0 aliphatic rings. The quantitative estimate of drug-likeness (QED) is 0.819. The summed E-state index contributed by atoms with van der Waals surface area (Å²) in [5.74, 6) is 0.358. The lowest BCUT2D eigenvalue weighted by molar-refractivity contribution is 0.252. The third-order valence-electron chi connectivity index (χ3n) is 3.95. The normalized spacial score (nSPS) is 12.9. The highest BCUT2D eigenvalue weighted by Gasteiger charge is 2.25. The van der Waals surface area contributed by atoms with Crippen LogP contribution < -0.4 is 10.5 Å².